The number of hydrogen-bond donors (Lipinski definition) is 0. The summed E-state index contributed by atoms with van der Waals surface area (Å²) < 4.78 is 7.67. The molecule has 0 radical (unpaired) electrons. The van der Waals surface area contributed by atoms with E-state index in [1.165, 1.54) is 0 Å². The number of esters is 1. The van der Waals surface area contributed by atoms with Crippen LogP contribution in [-0.4, -0.2) is 21.1 Å². The highest BCUT2D eigenvalue weighted by Gasteiger charge is 2.39. The number of carbonyl (C=O) groups is 1. The van der Waals surface area contributed by atoms with E-state index < -0.39 is 5.60 Å². The van der Waals surface area contributed by atoms with E-state index in [4.69, 9.17) is 4.74 Å². The molecule has 1 aliphatic rings. The van der Waals surface area contributed by atoms with Gasteiger partial charge in [-0.1, -0.05) is 36.4 Å². The van der Waals surface area contributed by atoms with Gasteiger partial charge in [0.05, 0.1) is 18.6 Å². The predicted octanol–water partition coefficient (Wildman–Crippen LogP) is 4.15. The van der Waals surface area contributed by atoms with Crippen molar-refractivity contribution in [3.8, 4) is 0 Å². The summed E-state index contributed by atoms with van der Waals surface area (Å²) in [5.74, 6) is -0.303. The Morgan fingerprint density at radius 3 is 2.70 bits per heavy atom. The second kappa shape index (κ2) is 6.41. The van der Waals surface area contributed by atoms with Gasteiger partial charge in [-0.15, -0.1) is 0 Å². The molecule has 0 saturated heterocycles. The minimum Gasteiger partial charge on any atom is -0.450 e. The first-order valence-corrected chi connectivity index (χ1v) is 8.09. The Morgan fingerprint density at radius 2 is 2.09 bits per heavy atom. The summed E-state index contributed by atoms with van der Waals surface area (Å²) in [6.45, 7) is 4.01. The van der Waals surface area contributed by atoms with Gasteiger partial charge >= 0.3 is 5.97 Å². The summed E-state index contributed by atoms with van der Waals surface area (Å²) in [5, 5.41) is 0. The second-order valence-electron chi connectivity index (χ2n) is 6.08. The number of ether oxygens (including phenoxy) is 1. The van der Waals surface area contributed by atoms with Crippen LogP contribution in [0.3, 0.4) is 0 Å². The van der Waals surface area contributed by atoms with Gasteiger partial charge in [0.25, 0.3) is 0 Å². The molecular weight excluding hydrogens is 288 g/mol. The zero-order valence-corrected chi connectivity index (χ0v) is 13.6. The van der Waals surface area contributed by atoms with Gasteiger partial charge < -0.3 is 9.30 Å². The number of aromatic nitrogens is 2. The maximum atomic E-state index is 12.6. The Hall–Kier alpha value is -2.36. The molecule has 4 heteroatoms. The van der Waals surface area contributed by atoms with Gasteiger partial charge in [-0.25, -0.2) is 9.78 Å². The molecule has 2 aromatic rings. The lowest BCUT2D eigenvalue weighted by atomic mass is 9.79. The molecule has 120 valence electrons. The number of rotatable bonds is 5. The summed E-state index contributed by atoms with van der Waals surface area (Å²) >= 11 is 0. The number of hydrogen-bond acceptors (Lipinski definition) is 3. The molecule has 1 heterocycles. The molecule has 4 nitrogen and oxygen atoms in total. The molecule has 1 fully saturated rings. The summed E-state index contributed by atoms with van der Waals surface area (Å²) in [6.07, 6.45) is 10.1. The van der Waals surface area contributed by atoms with E-state index in [1.807, 2.05) is 54.0 Å². The Labute approximate surface area is 136 Å². The lowest BCUT2D eigenvalue weighted by molar-refractivity contribution is -0.0326. The van der Waals surface area contributed by atoms with Gasteiger partial charge in [-0.2, -0.15) is 0 Å². The van der Waals surface area contributed by atoms with E-state index in [9.17, 15) is 4.79 Å². The van der Waals surface area contributed by atoms with Crippen LogP contribution in [0.5, 0.6) is 0 Å². The van der Waals surface area contributed by atoms with Crippen molar-refractivity contribution >= 4 is 5.97 Å². The van der Waals surface area contributed by atoms with Crippen LogP contribution in [-0.2, 0) is 4.74 Å². The van der Waals surface area contributed by atoms with Crippen molar-refractivity contribution in [1.82, 2.24) is 9.55 Å². The van der Waals surface area contributed by atoms with Crippen LogP contribution < -0.4 is 0 Å². The van der Waals surface area contributed by atoms with Gasteiger partial charge in [0.2, 0.25) is 0 Å². The lowest BCUT2D eigenvalue weighted by Crippen LogP contribution is -2.40. The first-order valence-electron chi connectivity index (χ1n) is 8.09. The Balaban J connectivity index is 1.82. The molecule has 0 N–H and O–H groups in total. The maximum absolute atomic E-state index is 12.6. The molecule has 0 spiro atoms. The average Bonchev–Trinajstić information content (AvgIpc) is 3.02. The van der Waals surface area contributed by atoms with E-state index in [0.717, 1.165) is 24.8 Å². The minimum absolute atomic E-state index is 0.0281. The number of nitrogens with zero attached hydrogens (tertiary/aromatic N) is 2. The Bertz CT molecular complexity index is 699. The third-order valence-corrected chi connectivity index (χ3v) is 4.54. The normalized spacial score (nSPS) is 17.7. The maximum Gasteiger partial charge on any atom is 0.357 e. The van der Waals surface area contributed by atoms with Gasteiger partial charge in [0, 0.05) is 0 Å². The van der Waals surface area contributed by atoms with Crippen molar-refractivity contribution in [3.05, 3.63) is 66.3 Å². The van der Waals surface area contributed by atoms with Crippen molar-refractivity contribution in [2.75, 3.05) is 0 Å². The van der Waals surface area contributed by atoms with Crippen LogP contribution >= 0.6 is 0 Å². The molecule has 1 saturated carbocycles. The lowest BCUT2D eigenvalue weighted by Gasteiger charge is -2.38. The monoisotopic (exact) mass is 310 g/mol. The molecule has 1 aromatic heterocycles. The molecule has 1 aromatic carbocycles. The van der Waals surface area contributed by atoms with Gasteiger partial charge in [0.15, 0.2) is 0 Å². The molecule has 1 aliphatic carbocycles. The van der Waals surface area contributed by atoms with Crippen LogP contribution in [0.25, 0.3) is 0 Å². The Kier molecular flexibility index (Phi) is 4.33. The van der Waals surface area contributed by atoms with Crippen LogP contribution in [0, 0.1) is 0 Å². The van der Waals surface area contributed by atoms with Crippen molar-refractivity contribution in [1.29, 1.82) is 0 Å². The molecule has 0 bridgehead atoms. The molecule has 0 amide bonds. The predicted molar refractivity (Wildman–Crippen MR) is 89.3 cm³/mol. The van der Waals surface area contributed by atoms with Crippen molar-refractivity contribution in [2.24, 2.45) is 0 Å². The molecule has 1 atom stereocenters. The second-order valence-corrected chi connectivity index (χ2v) is 6.08. The Morgan fingerprint density at radius 1 is 1.35 bits per heavy atom. The zero-order chi connectivity index (χ0) is 16.3. The summed E-state index contributed by atoms with van der Waals surface area (Å²) in [6, 6.07) is 10.1. The number of allylic oxidation sites excluding steroid dienone is 1. The van der Waals surface area contributed by atoms with Gasteiger partial charge in [0.1, 0.15) is 11.3 Å². The highest BCUT2D eigenvalue weighted by atomic mass is 16.6. The molecule has 0 aliphatic heterocycles. The van der Waals surface area contributed by atoms with Crippen LogP contribution in [0.4, 0.5) is 0 Å². The summed E-state index contributed by atoms with van der Waals surface area (Å²) in [5.41, 5.74) is 1.21. The third kappa shape index (κ3) is 3.07. The highest BCUT2D eigenvalue weighted by Crippen LogP contribution is 2.37. The minimum atomic E-state index is -0.420. The number of carbonyl (C=O) groups excluding carboxylic acids is 1. The SMILES string of the molecule is C/C=C/C1(OC(=O)c2cncn2[C@H](C)c2ccccc2)CCC1. The number of benzene rings is 1. The zero-order valence-electron chi connectivity index (χ0n) is 13.6. The summed E-state index contributed by atoms with van der Waals surface area (Å²) in [4.78, 5) is 16.8. The molecule has 23 heavy (non-hydrogen) atoms. The number of imidazole rings is 1. The van der Waals surface area contributed by atoms with E-state index in [0.29, 0.717) is 5.69 Å². The van der Waals surface area contributed by atoms with Crippen molar-refractivity contribution < 1.29 is 9.53 Å². The third-order valence-electron chi connectivity index (χ3n) is 4.54. The topological polar surface area (TPSA) is 44.1 Å². The van der Waals surface area contributed by atoms with Crippen molar-refractivity contribution in [3.63, 3.8) is 0 Å². The van der Waals surface area contributed by atoms with Crippen molar-refractivity contribution in [2.45, 2.75) is 44.8 Å². The largest absolute Gasteiger partial charge is 0.450 e. The van der Waals surface area contributed by atoms with E-state index >= 15 is 0 Å². The fraction of sp³-hybridized carbons (Fsp3) is 0.368. The van der Waals surface area contributed by atoms with E-state index in [1.54, 1.807) is 12.5 Å². The first-order chi connectivity index (χ1) is 11.2. The first kappa shape index (κ1) is 15.5. The molecule has 0 unspecified atom stereocenters. The standard InChI is InChI=1S/C19H22N2O2/c1-3-10-19(11-7-12-19)23-18(22)17-13-20-14-21(17)15(2)16-8-5-4-6-9-16/h3-6,8-10,13-15H,7,11-12H2,1-2H3/b10-3+/t15-/m1/s1. The van der Waals surface area contributed by atoms with Gasteiger partial charge in [-0.05, 0) is 44.7 Å². The van der Waals surface area contributed by atoms with E-state index in [-0.39, 0.29) is 12.0 Å². The van der Waals surface area contributed by atoms with Crippen LogP contribution in [0.1, 0.15) is 55.2 Å². The van der Waals surface area contributed by atoms with Crippen LogP contribution in [0.15, 0.2) is 55.0 Å². The quantitative estimate of drug-likeness (QED) is 0.615. The highest BCUT2D eigenvalue weighted by molar-refractivity contribution is 5.88. The fourth-order valence-electron chi connectivity index (χ4n) is 3.03. The average molecular weight is 310 g/mol. The van der Waals surface area contributed by atoms with Gasteiger partial charge in [-0.3, -0.25) is 0 Å². The fourth-order valence-corrected chi connectivity index (χ4v) is 3.03. The smallest absolute Gasteiger partial charge is 0.357 e. The van der Waals surface area contributed by atoms with E-state index in [2.05, 4.69) is 11.9 Å². The molecular formula is C19H22N2O2. The molecule has 3 rings (SSSR count). The van der Waals surface area contributed by atoms with Crippen LogP contribution in [0.2, 0.25) is 0 Å². The summed E-state index contributed by atoms with van der Waals surface area (Å²) in [7, 11) is 0.